The second-order valence-electron chi connectivity index (χ2n) is 7.73. The second kappa shape index (κ2) is 8.59. The van der Waals surface area contributed by atoms with Gasteiger partial charge in [0, 0.05) is 37.6 Å². The number of hydrogen-bond acceptors (Lipinski definition) is 3. The largest absolute Gasteiger partial charge is 0.402 e. The van der Waals surface area contributed by atoms with E-state index in [0.717, 1.165) is 37.9 Å². The first-order valence-corrected chi connectivity index (χ1v) is 10.3. The lowest BCUT2D eigenvalue weighted by molar-refractivity contribution is -0.188. The molecule has 0 spiro atoms. The Balaban J connectivity index is 1.59. The molecule has 1 heterocycles. The van der Waals surface area contributed by atoms with Gasteiger partial charge in [0.05, 0.1) is 5.92 Å². The molecule has 31 heavy (non-hydrogen) atoms. The molecule has 4 nitrogen and oxygen atoms in total. The second-order valence-corrected chi connectivity index (χ2v) is 7.73. The highest BCUT2D eigenvalue weighted by Gasteiger charge is 2.60. The van der Waals surface area contributed by atoms with Crippen LogP contribution in [0.15, 0.2) is 78.9 Å². The zero-order valence-corrected chi connectivity index (χ0v) is 16.9. The highest BCUT2D eigenvalue weighted by atomic mass is 19.4. The van der Waals surface area contributed by atoms with Crippen molar-refractivity contribution in [3.05, 3.63) is 84.5 Å². The van der Waals surface area contributed by atoms with Gasteiger partial charge in [-0.1, -0.05) is 54.6 Å². The Labute approximate surface area is 179 Å². The van der Waals surface area contributed by atoms with Crippen LogP contribution in [-0.4, -0.2) is 38.3 Å². The molecule has 1 aliphatic heterocycles. The summed E-state index contributed by atoms with van der Waals surface area (Å²) in [5.41, 5.74) is -0.893. The number of carbonyl (C=O) groups is 1. The quantitative estimate of drug-likeness (QED) is 0.766. The summed E-state index contributed by atoms with van der Waals surface area (Å²) >= 11 is 0. The van der Waals surface area contributed by atoms with E-state index < -0.39 is 23.4 Å². The van der Waals surface area contributed by atoms with E-state index in [2.05, 4.69) is 15.5 Å². The number of nitrogens with one attached hydrogen (secondary N) is 2. The highest BCUT2D eigenvalue weighted by Crippen LogP contribution is 2.50. The smallest absolute Gasteiger partial charge is 0.369 e. The molecular weight excluding hydrogens is 403 g/mol. The van der Waals surface area contributed by atoms with Gasteiger partial charge in [-0.2, -0.15) is 13.2 Å². The first kappa shape index (κ1) is 21.2. The summed E-state index contributed by atoms with van der Waals surface area (Å²) in [5, 5.41) is 5.97. The number of benzene rings is 2. The molecule has 0 radical (unpaired) electrons. The molecule has 2 aromatic rings. The van der Waals surface area contributed by atoms with Crippen LogP contribution in [0.3, 0.4) is 0 Å². The number of carbonyl (C=O) groups excluding carboxylic acids is 1. The third-order valence-corrected chi connectivity index (χ3v) is 5.88. The third-order valence-electron chi connectivity index (χ3n) is 5.88. The fourth-order valence-electron chi connectivity index (χ4n) is 4.26. The van der Waals surface area contributed by atoms with Crippen molar-refractivity contribution in [1.29, 1.82) is 0 Å². The topological polar surface area (TPSA) is 44.4 Å². The van der Waals surface area contributed by atoms with Crippen LogP contribution in [0.4, 0.5) is 24.5 Å². The SMILES string of the molecule is O=C(Nc1ccc(N2CCNCC2)cc1)C1C=CC=CC1(c1ccccc1)C(F)(F)F. The van der Waals surface area contributed by atoms with E-state index in [1.807, 2.05) is 12.1 Å². The fourth-order valence-corrected chi connectivity index (χ4v) is 4.26. The Hall–Kier alpha value is -3.06. The molecular formula is C24H24F3N3O. The lowest BCUT2D eigenvalue weighted by atomic mass is 9.67. The van der Waals surface area contributed by atoms with Crippen molar-refractivity contribution in [2.75, 3.05) is 36.4 Å². The van der Waals surface area contributed by atoms with Gasteiger partial charge >= 0.3 is 6.18 Å². The summed E-state index contributed by atoms with van der Waals surface area (Å²) in [4.78, 5) is 15.3. The zero-order chi connectivity index (χ0) is 21.9. The summed E-state index contributed by atoms with van der Waals surface area (Å²) in [6, 6.07) is 14.8. The summed E-state index contributed by atoms with van der Waals surface area (Å²) in [6.45, 7) is 3.57. The predicted octanol–water partition coefficient (Wildman–Crippen LogP) is 4.28. The fraction of sp³-hybridized carbons (Fsp3) is 0.292. The summed E-state index contributed by atoms with van der Waals surface area (Å²) in [6.07, 6.45) is 0.603. The monoisotopic (exact) mass is 427 g/mol. The Kier molecular flexibility index (Phi) is 5.87. The van der Waals surface area contributed by atoms with Crippen molar-refractivity contribution in [3.63, 3.8) is 0 Å². The van der Waals surface area contributed by atoms with Gasteiger partial charge in [-0.15, -0.1) is 0 Å². The number of amides is 1. The van der Waals surface area contributed by atoms with Crippen molar-refractivity contribution in [3.8, 4) is 0 Å². The molecule has 1 amide bonds. The van der Waals surface area contributed by atoms with E-state index in [-0.39, 0.29) is 5.56 Å². The lowest BCUT2D eigenvalue weighted by Crippen LogP contribution is -2.51. The predicted molar refractivity (Wildman–Crippen MR) is 116 cm³/mol. The van der Waals surface area contributed by atoms with Crippen LogP contribution >= 0.6 is 0 Å². The van der Waals surface area contributed by atoms with Crippen LogP contribution in [0.5, 0.6) is 0 Å². The van der Waals surface area contributed by atoms with E-state index in [9.17, 15) is 18.0 Å². The van der Waals surface area contributed by atoms with Gasteiger partial charge in [0.1, 0.15) is 5.41 Å². The van der Waals surface area contributed by atoms with Crippen molar-refractivity contribution in [1.82, 2.24) is 5.32 Å². The summed E-state index contributed by atoms with van der Waals surface area (Å²) < 4.78 is 43.2. The minimum Gasteiger partial charge on any atom is -0.369 e. The van der Waals surface area contributed by atoms with Gasteiger partial charge in [0.2, 0.25) is 5.91 Å². The summed E-state index contributed by atoms with van der Waals surface area (Å²) in [7, 11) is 0. The molecule has 2 unspecified atom stereocenters. The number of hydrogen-bond donors (Lipinski definition) is 2. The minimum absolute atomic E-state index is 0.0392. The molecule has 0 aromatic heterocycles. The van der Waals surface area contributed by atoms with Gasteiger partial charge < -0.3 is 15.5 Å². The van der Waals surface area contributed by atoms with E-state index >= 15 is 0 Å². The minimum atomic E-state index is -4.65. The van der Waals surface area contributed by atoms with Crippen LogP contribution in [0, 0.1) is 5.92 Å². The van der Waals surface area contributed by atoms with Gasteiger partial charge in [-0.25, -0.2) is 0 Å². The molecule has 2 N–H and O–H groups in total. The number of alkyl halides is 3. The number of rotatable bonds is 4. The molecule has 1 fully saturated rings. The molecule has 4 rings (SSSR count). The molecule has 2 aromatic carbocycles. The Bertz CT molecular complexity index is 964. The first-order chi connectivity index (χ1) is 14.9. The van der Waals surface area contributed by atoms with E-state index in [1.165, 1.54) is 30.4 Å². The van der Waals surface area contributed by atoms with Gasteiger partial charge in [0.15, 0.2) is 0 Å². The van der Waals surface area contributed by atoms with Crippen LogP contribution in [-0.2, 0) is 10.2 Å². The number of nitrogens with zero attached hydrogens (tertiary/aromatic N) is 1. The molecule has 1 saturated heterocycles. The number of piperazine rings is 1. The number of halogens is 3. The normalized spacial score (nSPS) is 23.6. The molecule has 0 saturated carbocycles. The lowest BCUT2D eigenvalue weighted by Gasteiger charge is -2.39. The maximum atomic E-state index is 14.4. The molecule has 2 atom stereocenters. The van der Waals surface area contributed by atoms with Crippen LogP contribution in [0.2, 0.25) is 0 Å². The molecule has 2 aliphatic rings. The molecule has 0 bridgehead atoms. The van der Waals surface area contributed by atoms with Crippen molar-refractivity contribution >= 4 is 17.3 Å². The van der Waals surface area contributed by atoms with Crippen molar-refractivity contribution < 1.29 is 18.0 Å². The highest BCUT2D eigenvalue weighted by molar-refractivity contribution is 5.95. The molecule has 1 aliphatic carbocycles. The van der Waals surface area contributed by atoms with E-state index in [0.29, 0.717) is 5.69 Å². The van der Waals surface area contributed by atoms with Crippen LogP contribution < -0.4 is 15.5 Å². The van der Waals surface area contributed by atoms with E-state index in [4.69, 9.17) is 0 Å². The molecule has 7 heteroatoms. The Morgan fingerprint density at radius 3 is 2.32 bits per heavy atom. The van der Waals surface area contributed by atoms with Crippen molar-refractivity contribution in [2.24, 2.45) is 5.92 Å². The Morgan fingerprint density at radius 1 is 1.00 bits per heavy atom. The zero-order valence-electron chi connectivity index (χ0n) is 16.9. The average Bonchev–Trinajstić information content (AvgIpc) is 2.80. The van der Waals surface area contributed by atoms with Gasteiger partial charge in [0.25, 0.3) is 0 Å². The maximum Gasteiger partial charge on any atom is 0.402 e. The third kappa shape index (κ3) is 4.10. The van der Waals surface area contributed by atoms with Crippen LogP contribution in [0.1, 0.15) is 5.56 Å². The van der Waals surface area contributed by atoms with E-state index in [1.54, 1.807) is 30.3 Å². The first-order valence-electron chi connectivity index (χ1n) is 10.3. The average molecular weight is 427 g/mol. The Morgan fingerprint density at radius 2 is 1.68 bits per heavy atom. The van der Waals surface area contributed by atoms with Gasteiger partial charge in [-0.3, -0.25) is 4.79 Å². The maximum absolute atomic E-state index is 14.4. The summed E-state index contributed by atoms with van der Waals surface area (Å²) in [5.74, 6) is -2.12. The van der Waals surface area contributed by atoms with Crippen LogP contribution in [0.25, 0.3) is 0 Å². The standard InChI is InChI=1S/C24H24F3N3O/c25-24(26,27)23(18-6-2-1-3-7-18)13-5-4-8-21(23)22(31)29-19-9-11-20(12-10-19)30-16-14-28-15-17-30/h1-13,21,28H,14-17H2,(H,29,31). The number of anilines is 2. The molecule has 162 valence electrons. The number of allylic oxidation sites excluding steroid dienone is 3. The van der Waals surface area contributed by atoms with Crippen molar-refractivity contribution in [2.45, 2.75) is 11.6 Å². The van der Waals surface area contributed by atoms with Gasteiger partial charge in [-0.05, 0) is 29.8 Å².